The van der Waals surface area contributed by atoms with Crippen LogP contribution in [0.15, 0.2) is 39.8 Å². The molecule has 0 saturated carbocycles. The van der Waals surface area contributed by atoms with E-state index in [1.54, 1.807) is 7.05 Å². The molecule has 2 aromatic rings. The van der Waals surface area contributed by atoms with Crippen molar-refractivity contribution in [3.63, 3.8) is 0 Å². The van der Waals surface area contributed by atoms with E-state index in [1.165, 1.54) is 0 Å². The van der Waals surface area contributed by atoms with Crippen LogP contribution >= 0.6 is 24.0 Å². The number of carbonyl (C=O) groups is 1. The van der Waals surface area contributed by atoms with E-state index < -0.39 is 17.6 Å². The lowest BCUT2D eigenvalue weighted by atomic mass is 10.1. The molecule has 3 N–H and O–H groups in total. The Morgan fingerprint density at radius 1 is 1.13 bits per heavy atom. The molecule has 0 unspecified atom stereocenters. The first-order chi connectivity index (χ1) is 13.7. The first-order valence-electron chi connectivity index (χ1n) is 9.06. The van der Waals surface area contributed by atoms with Crippen LogP contribution in [0.5, 0.6) is 0 Å². The largest absolute Gasteiger partial charge is 0.416 e. The van der Waals surface area contributed by atoms with Crippen LogP contribution in [0.2, 0.25) is 0 Å². The number of hydrogen-bond acceptors (Lipinski definition) is 4. The average molecular weight is 539 g/mol. The van der Waals surface area contributed by atoms with Crippen molar-refractivity contribution < 1.29 is 22.5 Å². The molecule has 1 heterocycles. The van der Waals surface area contributed by atoms with Crippen molar-refractivity contribution in [3.8, 4) is 0 Å². The number of nitrogens with one attached hydrogen (secondary N) is 3. The van der Waals surface area contributed by atoms with Gasteiger partial charge in [-0.1, -0.05) is 19.0 Å². The summed E-state index contributed by atoms with van der Waals surface area (Å²) in [6.07, 6.45) is -4.43. The van der Waals surface area contributed by atoms with Gasteiger partial charge in [-0.05, 0) is 30.2 Å². The summed E-state index contributed by atoms with van der Waals surface area (Å²) in [6, 6.07) is 5.93. The Balaban J connectivity index is 0.00000450. The highest BCUT2D eigenvalue weighted by atomic mass is 127. The number of nitrogens with zero attached hydrogens (tertiary/aromatic N) is 2. The molecule has 166 valence electrons. The van der Waals surface area contributed by atoms with Gasteiger partial charge in [0.25, 0.3) is 5.91 Å². The fourth-order valence-corrected chi connectivity index (χ4v) is 2.35. The molecule has 0 bridgehead atoms. The molecule has 0 fully saturated rings. The van der Waals surface area contributed by atoms with E-state index >= 15 is 0 Å². The van der Waals surface area contributed by atoms with E-state index in [-0.39, 0.29) is 42.0 Å². The highest BCUT2D eigenvalue weighted by Crippen LogP contribution is 2.29. The topological polar surface area (TPSA) is 91.5 Å². The Labute approximate surface area is 189 Å². The molecule has 30 heavy (non-hydrogen) atoms. The first kappa shape index (κ1) is 25.7. The second-order valence-corrected chi connectivity index (χ2v) is 6.56. The minimum Gasteiger partial charge on any atom is -0.359 e. The number of amides is 1. The quantitative estimate of drug-likeness (QED) is 0.217. The number of guanidine groups is 1. The van der Waals surface area contributed by atoms with Gasteiger partial charge >= 0.3 is 6.18 Å². The number of alkyl halides is 3. The van der Waals surface area contributed by atoms with Gasteiger partial charge in [0, 0.05) is 31.8 Å². The fraction of sp³-hybridized carbons (Fsp3) is 0.421. The molecular formula is C19H25F3IN5O2. The molecule has 0 radical (unpaired) electrons. The standard InChI is InChI=1S/C19H24F3N5O2.HI/c1-12(2)16-10-15(29-27-16)11-26-18(23-3)25-9-8-24-17(28)13-4-6-14(7-5-13)19(20,21)22;/h4-7,10,12H,8-9,11H2,1-3H3,(H,24,28)(H2,23,25,26);1H. The normalized spacial score (nSPS) is 11.8. The van der Waals surface area contributed by atoms with Crippen LogP contribution in [0, 0.1) is 0 Å². The zero-order chi connectivity index (χ0) is 21.4. The molecule has 0 atom stereocenters. The van der Waals surface area contributed by atoms with Crippen molar-refractivity contribution in [1.29, 1.82) is 0 Å². The molecule has 0 aliphatic carbocycles. The van der Waals surface area contributed by atoms with Crippen molar-refractivity contribution in [3.05, 3.63) is 52.9 Å². The average Bonchev–Trinajstić information content (AvgIpc) is 3.16. The van der Waals surface area contributed by atoms with Crippen molar-refractivity contribution in [1.82, 2.24) is 21.1 Å². The summed E-state index contributed by atoms with van der Waals surface area (Å²) in [7, 11) is 1.61. The summed E-state index contributed by atoms with van der Waals surface area (Å²) in [5, 5.41) is 12.7. The van der Waals surface area contributed by atoms with Gasteiger partial charge in [-0.25, -0.2) is 0 Å². The summed E-state index contributed by atoms with van der Waals surface area (Å²) in [5.41, 5.74) is 0.236. The van der Waals surface area contributed by atoms with Crippen LogP contribution in [0.3, 0.4) is 0 Å². The Morgan fingerprint density at radius 2 is 1.77 bits per heavy atom. The first-order valence-corrected chi connectivity index (χ1v) is 9.06. The minimum atomic E-state index is -4.43. The van der Waals surface area contributed by atoms with Gasteiger partial charge in [-0.3, -0.25) is 9.79 Å². The van der Waals surface area contributed by atoms with Gasteiger partial charge in [-0.15, -0.1) is 24.0 Å². The fourth-order valence-electron chi connectivity index (χ4n) is 2.35. The highest BCUT2D eigenvalue weighted by Gasteiger charge is 2.30. The summed E-state index contributed by atoms with van der Waals surface area (Å²) in [4.78, 5) is 16.1. The molecule has 0 saturated heterocycles. The lowest BCUT2D eigenvalue weighted by molar-refractivity contribution is -0.137. The van der Waals surface area contributed by atoms with Gasteiger partial charge in [0.15, 0.2) is 11.7 Å². The van der Waals surface area contributed by atoms with Crippen LogP contribution in [0.4, 0.5) is 13.2 Å². The maximum absolute atomic E-state index is 12.6. The monoisotopic (exact) mass is 539 g/mol. The van der Waals surface area contributed by atoms with E-state index in [0.717, 1.165) is 30.0 Å². The predicted octanol–water partition coefficient (Wildman–Crippen LogP) is 3.53. The highest BCUT2D eigenvalue weighted by molar-refractivity contribution is 14.0. The molecule has 1 aromatic carbocycles. The zero-order valence-corrected chi connectivity index (χ0v) is 19.2. The van der Waals surface area contributed by atoms with Crippen LogP contribution in [0.25, 0.3) is 0 Å². The summed E-state index contributed by atoms with van der Waals surface area (Å²) in [5.74, 6) is 1.01. The maximum atomic E-state index is 12.6. The number of aliphatic imine (C=N–C) groups is 1. The number of rotatable bonds is 7. The molecule has 1 amide bonds. The van der Waals surface area contributed by atoms with Gasteiger partial charge in [0.05, 0.1) is 17.8 Å². The number of carbonyl (C=O) groups excluding carboxylic acids is 1. The van der Waals surface area contributed by atoms with Crippen molar-refractivity contribution in [2.45, 2.75) is 32.5 Å². The lowest BCUT2D eigenvalue weighted by Gasteiger charge is -2.11. The number of hydrogen-bond donors (Lipinski definition) is 3. The van der Waals surface area contributed by atoms with Gasteiger partial charge < -0.3 is 20.5 Å². The second-order valence-electron chi connectivity index (χ2n) is 6.56. The van der Waals surface area contributed by atoms with Gasteiger partial charge in [-0.2, -0.15) is 13.2 Å². The van der Waals surface area contributed by atoms with Crippen molar-refractivity contribution in [2.75, 3.05) is 20.1 Å². The Hall–Kier alpha value is -2.31. The lowest BCUT2D eigenvalue weighted by Crippen LogP contribution is -2.41. The number of benzene rings is 1. The molecule has 7 nitrogen and oxygen atoms in total. The van der Waals surface area contributed by atoms with Gasteiger partial charge in [0.1, 0.15) is 0 Å². The van der Waals surface area contributed by atoms with E-state index in [1.807, 2.05) is 19.9 Å². The summed E-state index contributed by atoms with van der Waals surface area (Å²) < 4.78 is 42.9. The molecule has 2 rings (SSSR count). The number of halogens is 4. The van der Waals surface area contributed by atoms with Crippen LogP contribution in [-0.2, 0) is 12.7 Å². The van der Waals surface area contributed by atoms with E-state index in [2.05, 4.69) is 26.1 Å². The third kappa shape index (κ3) is 7.84. The second kappa shape index (κ2) is 11.8. The van der Waals surface area contributed by atoms with E-state index in [9.17, 15) is 18.0 Å². The maximum Gasteiger partial charge on any atom is 0.416 e. The van der Waals surface area contributed by atoms with Crippen LogP contribution in [-0.4, -0.2) is 37.2 Å². The van der Waals surface area contributed by atoms with E-state index in [0.29, 0.717) is 24.8 Å². The Bertz CT molecular complexity index is 835. The molecular weight excluding hydrogens is 514 g/mol. The number of aromatic nitrogens is 1. The molecule has 1 aromatic heterocycles. The van der Waals surface area contributed by atoms with Crippen molar-refractivity contribution in [2.24, 2.45) is 4.99 Å². The van der Waals surface area contributed by atoms with Gasteiger partial charge in [0.2, 0.25) is 0 Å². The molecule has 0 aliphatic rings. The van der Waals surface area contributed by atoms with Crippen LogP contribution in [0.1, 0.15) is 47.1 Å². The van der Waals surface area contributed by atoms with Crippen molar-refractivity contribution >= 4 is 35.8 Å². The third-order valence-corrected chi connectivity index (χ3v) is 4.00. The van der Waals surface area contributed by atoms with E-state index in [4.69, 9.17) is 4.52 Å². The Kier molecular flexibility index (Phi) is 10.1. The predicted molar refractivity (Wildman–Crippen MR) is 118 cm³/mol. The SMILES string of the molecule is CN=C(NCCNC(=O)c1ccc(C(F)(F)F)cc1)NCc1cc(C(C)C)no1.I. The third-order valence-electron chi connectivity index (χ3n) is 4.00. The zero-order valence-electron chi connectivity index (χ0n) is 16.8. The van der Waals surface area contributed by atoms with Crippen LogP contribution < -0.4 is 16.0 Å². The molecule has 0 aliphatic heterocycles. The smallest absolute Gasteiger partial charge is 0.359 e. The molecule has 11 heteroatoms. The summed E-state index contributed by atoms with van der Waals surface area (Å²) >= 11 is 0. The molecule has 0 spiro atoms. The minimum absolute atomic E-state index is 0. The summed E-state index contributed by atoms with van der Waals surface area (Å²) in [6.45, 7) is 5.08. The Morgan fingerprint density at radius 3 is 2.30 bits per heavy atom.